The number of rotatable bonds is 5. The minimum atomic E-state index is -0.0115. The van der Waals surface area contributed by atoms with E-state index in [9.17, 15) is 4.79 Å². The number of hydrogen-bond acceptors (Lipinski definition) is 3. The van der Waals surface area contributed by atoms with Crippen LogP contribution < -0.4 is 5.32 Å². The number of pyridine rings is 1. The van der Waals surface area contributed by atoms with Gasteiger partial charge in [0.2, 0.25) is 0 Å². The van der Waals surface area contributed by atoms with Gasteiger partial charge in [0.05, 0.1) is 6.10 Å². The van der Waals surface area contributed by atoms with Crippen LogP contribution in [0.4, 0.5) is 0 Å². The molecule has 110 valence electrons. The first-order valence-electron chi connectivity index (χ1n) is 7.57. The fourth-order valence-electron chi connectivity index (χ4n) is 2.87. The van der Waals surface area contributed by atoms with E-state index in [2.05, 4.69) is 24.1 Å². The van der Waals surface area contributed by atoms with Crippen molar-refractivity contribution >= 4 is 5.91 Å². The van der Waals surface area contributed by atoms with Crippen molar-refractivity contribution in [2.24, 2.45) is 5.92 Å². The van der Waals surface area contributed by atoms with E-state index in [1.165, 1.54) is 0 Å². The van der Waals surface area contributed by atoms with E-state index in [-0.39, 0.29) is 18.1 Å². The molecule has 0 spiro atoms. The highest BCUT2D eigenvalue weighted by molar-refractivity contribution is 5.94. The molecule has 1 aliphatic rings. The van der Waals surface area contributed by atoms with Crippen LogP contribution in [-0.2, 0) is 4.74 Å². The predicted octanol–water partition coefficient (Wildman–Crippen LogP) is 2.80. The topological polar surface area (TPSA) is 51.2 Å². The third-order valence-electron chi connectivity index (χ3n) is 4.17. The zero-order valence-corrected chi connectivity index (χ0v) is 12.3. The van der Waals surface area contributed by atoms with E-state index in [4.69, 9.17) is 4.74 Å². The van der Waals surface area contributed by atoms with E-state index in [0.29, 0.717) is 11.5 Å². The summed E-state index contributed by atoms with van der Waals surface area (Å²) in [6, 6.07) is 3.70. The molecule has 4 nitrogen and oxygen atoms in total. The Bertz CT molecular complexity index is 418. The van der Waals surface area contributed by atoms with Gasteiger partial charge in [-0.15, -0.1) is 0 Å². The molecule has 0 unspecified atom stereocenters. The zero-order valence-electron chi connectivity index (χ0n) is 12.3. The van der Waals surface area contributed by atoms with Crippen molar-refractivity contribution in [3.63, 3.8) is 0 Å². The van der Waals surface area contributed by atoms with Gasteiger partial charge in [-0.1, -0.05) is 26.7 Å². The Morgan fingerprint density at radius 1 is 1.40 bits per heavy atom. The van der Waals surface area contributed by atoms with E-state index < -0.39 is 0 Å². The molecule has 20 heavy (non-hydrogen) atoms. The van der Waals surface area contributed by atoms with Gasteiger partial charge in [-0.2, -0.15) is 0 Å². The minimum absolute atomic E-state index is 0.0115. The van der Waals surface area contributed by atoms with Gasteiger partial charge in [-0.05, 0) is 30.9 Å². The summed E-state index contributed by atoms with van der Waals surface area (Å²) in [6.45, 7) is 5.15. The maximum absolute atomic E-state index is 12.1. The number of carbonyl (C=O) groups is 1. The molecule has 2 heterocycles. The van der Waals surface area contributed by atoms with E-state index in [0.717, 1.165) is 32.3 Å². The molecule has 0 aliphatic carbocycles. The minimum Gasteiger partial charge on any atom is -0.378 e. The van der Waals surface area contributed by atoms with Crippen LogP contribution >= 0.6 is 0 Å². The molecule has 1 fully saturated rings. The highest BCUT2D eigenvalue weighted by Crippen LogP contribution is 2.25. The maximum atomic E-state index is 12.1. The average Bonchev–Trinajstić information content (AvgIpc) is 2.50. The van der Waals surface area contributed by atoms with Gasteiger partial charge in [0, 0.05) is 30.6 Å². The number of hydrogen-bond donors (Lipinski definition) is 1. The van der Waals surface area contributed by atoms with Gasteiger partial charge in [-0.3, -0.25) is 9.78 Å². The van der Waals surface area contributed by atoms with Gasteiger partial charge in [0.15, 0.2) is 0 Å². The molecule has 0 bridgehead atoms. The SMILES string of the molecule is CCC(CC)[C@@H]1C[C@H](NC(=O)c2ccncc2)CCO1. The normalized spacial score (nSPS) is 22.8. The first kappa shape index (κ1) is 15.0. The third-order valence-corrected chi connectivity index (χ3v) is 4.17. The Morgan fingerprint density at radius 2 is 2.10 bits per heavy atom. The fraction of sp³-hybridized carbons (Fsp3) is 0.625. The van der Waals surface area contributed by atoms with Crippen molar-refractivity contribution in [3.8, 4) is 0 Å². The van der Waals surface area contributed by atoms with Crippen LogP contribution in [0, 0.1) is 5.92 Å². The van der Waals surface area contributed by atoms with Crippen molar-refractivity contribution in [2.75, 3.05) is 6.61 Å². The molecule has 4 heteroatoms. The Morgan fingerprint density at radius 3 is 2.75 bits per heavy atom. The van der Waals surface area contributed by atoms with Gasteiger partial charge in [0.25, 0.3) is 5.91 Å². The van der Waals surface area contributed by atoms with Crippen LogP contribution in [0.3, 0.4) is 0 Å². The van der Waals surface area contributed by atoms with Crippen molar-refractivity contribution in [1.29, 1.82) is 0 Å². The highest BCUT2D eigenvalue weighted by Gasteiger charge is 2.28. The van der Waals surface area contributed by atoms with Gasteiger partial charge >= 0.3 is 0 Å². The second-order valence-corrected chi connectivity index (χ2v) is 5.42. The van der Waals surface area contributed by atoms with Crippen molar-refractivity contribution < 1.29 is 9.53 Å². The second-order valence-electron chi connectivity index (χ2n) is 5.42. The number of nitrogens with zero attached hydrogens (tertiary/aromatic N) is 1. The smallest absolute Gasteiger partial charge is 0.251 e. The molecule has 1 saturated heterocycles. The van der Waals surface area contributed by atoms with Crippen LogP contribution in [0.15, 0.2) is 24.5 Å². The average molecular weight is 276 g/mol. The highest BCUT2D eigenvalue weighted by atomic mass is 16.5. The molecular weight excluding hydrogens is 252 g/mol. The monoisotopic (exact) mass is 276 g/mol. The first-order valence-corrected chi connectivity index (χ1v) is 7.57. The standard InChI is InChI=1S/C16H24N2O2/c1-3-12(4-2)15-11-14(7-10-20-15)18-16(19)13-5-8-17-9-6-13/h5-6,8-9,12,14-15H,3-4,7,10-11H2,1-2H3,(H,18,19)/t14-,15+/m1/s1. The number of amides is 1. The van der Waals surface area contributed by atoms with E-state index >= 15 is 0 Å². The molecule has 2 rings (SSSR count). The predicted molar refractivity (Wildman–Crippen MR) is 78.5 cm³/mol. The van der Waals surface area contributed by atoms with Crippen molar-refractivity contribution in [1.82, 2.24) is 10.3 Å². The Balaban J connectivity index is 1.91. The Labute approximate surface area is 120 Å². The van der Waals surface area contributed by atoms with Crippen molar-refractivity contribution in [3.05, 3.63) is 30.1 Å². The molecule has 1 aromatic rings. The molecule has 1 amide bonds. The lowest BCUT2D eigenvalue weighted by molar-refractivity contribution is -0.0337. The molecule has 2 atom stereocenters. The zero-order chi connectivity index (χ0) is 14.4. The molecular formula is C16H24N2O2. The lowest BCUT2D eigenvalue weighted by atomic mass is 9.89. The summed E-state index contributed by atoms with van der Waals surface area (Å²) >= 11 is 0. The van der Waals surface area contributed by atoms with Crippen LogP contribution in [0.2, 0.25) is 0 Å². The molecule has 1 N–H and O–H groups in total. The summed E-state index contributed by atoms with van der Waals surface area (Å²) in [4.78, 5) is 16.1. The summed E-state index contributed by atoms with van der Waals surface area (Å²) in [5.41, 5.74) is 0.672. The largest absolute Gasteiger partial charge is 0.378 e. The Hall–Kier alpha value is -1.42. The summed E-state index contributed by atoms with van der Waals surface area (Å²) in [6.07, 6.45) is 7.65. The van der Waals surface area contributed by atoms with Crippen molar-refractivity contribution in [2.45, 2.75) is 51.7 Å². The molecule has 0 radical (unpaired) electrons. The number of nitrogens with one attached hydrogen (secondary N) is 1. The van der Waals surface area contributed by atoms with Gasteiger partial charge in [-0.25, -0.2) is 0 Å². The van der Waals surface area contributed by atoms with E-state index in [1.807, 2.05) is 0 Å². The summed E-state index contributed by atoms with van der Waals surface area (Å²) in [5.74, 6) is 0.582. The number of aromatic nitrogens is 1. The van der Waals surface area contributed by atoms with Crippen LogP contribution in [0.5, 0.6) is 0 Å². The van der Waals surface area contributed by atoms with Gasteiger partial charge in [0.1, 0.15) is 0 Å². The molecule has 0 saturated carbocycles. The quantitative estimate of drug-likeness (QED) is 0.899. The Kier molecular flexibility index (Phi) is 5.53. The summed E-state index contributed by atoms with van der Waals surface area (Å²) in [7, 11) is 0. The maximum Gasteiger partial charge on any atom is 0.251 e. The third kappa shape index (κ3) is 3.79. The van der Waals surface area contributed by atoms with Gasteiger partial charge < -0.3 is 10.1 Å². The first-order chi connectivity index (χ1) is 9.74. The van der Waals surface area contributed by atoms with Crippen LogP contribution in [-0.4, -0.2) is 29.6 Å². The molecule has 1 aliphatic heterocycles. The molecule has 1 aromatic heterocycles. The fourth-order valence-corrected chi connectivity index (χ4v) is 2.87. The lowest BCUT2D eigenvalue weighted by Crippen LogP contribution is -2.44. The summed E-state index contributed by atoms with van der Waals surface area (Å²) < 4.78 is 5.88. The lowest BCUT2D eigenvalue weighted by Gasteiger charge is -2.34. The van der Waals surface area contributed by atoms with Crippen LogP contribution in [0.25, 0.3) is 0 Å². The molecule has 0 aromatic carbocycles. The second kappa shape index (κ2) is 7.39. The van der Waals surface area contributed by atoms with E-state index in [1.54, 1.807) is 24.5 Å². The number of ether oxygens (including phenoxy) is 1. The number of carbonyl (C=O) groups excluding carboxylic acids is 1. The van der Waals surface area contributed by atoms with Crippen LogP contribution in [0.1, 0.15) is 49.9 Å². The summed E-state index contributed by atoms with van der Waals surface area (Å²) in [5, 5.41) is 3.12.